The lowest BCUT2D eigenvalue weighted by atomic mass is 10.1. The van der Waals surface area contributed by atoms with Gasteiger partial charge in [0.15, 0.2) is 11.5 Å². The maximum absolute atomic E-state index is 11.9. The van der Waals surface area contributed by atoms with Crippen LogP contribution < -0.4 is 0 Å². The number of rotatable bonds is 4. The predicted octanol–water partition coefficient (Wildman–Crippen LogP) is 3.00. The van der Waals surface area contributed by atoms with Crippen LogP contribution in [0.15, 0.2) is 47.0 Å². The van der Waals surface area contributed by atoms with E-state index in [0.717, 1.165) is 31.7 Å². The molecule has 0 aliphatic carbocycles. The molecule has 1 aliphatic heterocycles. The lowest BCUT2D eigenvalue weighted by molar-refractivity contribution is 0.0601. The molecule has 1 atom stereocenters. The summed E-state index contributed by atoms with van der Waals surface area (Å²) in [5, 5.41) is 0. The van der Waals surface area contributed by atoms with Crippen LogP contribution in [-0.2, 0) is 11.3 Å². The van der Waals surface area contributed by atoms with Crippen molar-refractivity contribution in [3.05, 3.63) is 59.7 Å². The molecule has 2 aromatic heterocycles. The Hall–Kier alpha value is -2.73. The van der Waals surface area contributed by atoms with Crippen LogP contribution in [0.25, 0.3) is 11.1 Å². The van der Waals surface area contributed by atoms with Gasteiger partial charge in [0.25, 0.3) is 0 Å². The Kier molecular flexibility index (Phi) is 4.19. The van der Waals surface area contributed by atoms with Crippen molar-refractivity contribution in [1.29, 1.82) is 0 Å². The fourth-order valence-corrected chi connectivity index (χ4v) is 3.31. The quantitative estimate of drug-likeness (QED) is 0.682. The van der Waals surface area contributed by atoms with Gasteiger partial charge in [-0.25, -0.2) is 9.78 Å². The minimum atomic E-state index is -0.406. The van der Waals surface area contributed by atoms with Crippen molar-refractivity contribution in [3.63, 3.8) is 0 Å². The van der Waals surface area contributed by atoms with Gasteiger partial charge in [-0.3, -0.25) is 9.88 Å². The van der Waals surface area contributed by atoms with Crippen molar-refractivity contribution < 1.29 is 13.9 Å². The minimum absolute atomic E-state index is 0.224. The van der Waals surface area contributed by atoms with E-state index in [9.17, 15) is 4.79 Å². The van der Waals surface area contributed by atoms with Gasteiger partial charge in [-0.2, -0.15) is 0 Å². The average molecular weight is 337 g/mol. The van der Waals surface area contributed by atoms with Gasteiger partial charge in [0.05, 0.1) is 12.8 Å². The highest BCUT2D eigenvalue weighted by Gasteiger charge is 2.28. The molecule has 128 valence electrons. The van der Waals surface area contributed by atoms with Crippen molar-refractivity contribution in [2.24, 2.45) is 0 Å². The highest BCUT2D eigenvalue weighted by molar-refractivity contribution is 6.00. The molecule has 6 nitrogen and oxygen atoms in total. The number of likely N-dealkylation sites (tertiary alicyclic amines) is 1. The number of benzene rings is 1. The summed E-state index contributed by atoms with van der Waals surface area (Å²) in [4.78, 5) is 23.2. The van der Waals surface area contributed by atoms with Crippen LogP contribution in [0.3, 0.4) is 0 Å². The molecule has 1 aromatic carbocycles. The number of carbonyl (C=O) groups excluding carboxylic acids is 1. The maximum Gasteiger partial charge on any atom is 0.341 e. The second-order valence-corrected chi connectivity index (χ2v) is 6.24. The molecule has 0 unspecified atom stereocenters. The Bertz CT molecular complexity index is 891. The van der Waals surface area contributed by atoms with Gasteiger partial charge in [-0.1, -0.05) is 12.1 Å². The Morgan fingerprint density at radius 2 is 2.24 bits per heavy atom. The van der Waals surface area contributed by atoms with E-state index in [1.165, 1.54) is 7.11 Å². The average Bonchev–Trinajstić information content (AvgIpc) is 3.28. The topological polar surface area (TPSA) is 68.5 Å². The molecular weight excluding hydrogens is 318 g/mol. The molecule has 4 rings (SSSR count). The van der Waals surface area contributed by atoms with Crippen LogP contribution in [-0.4, -0.2) is 41.0 Å². The molecule has 0 N–H and O–H groups in total. The van der Waals surface area contributed by atoms with Gasteiger partial charge in [0.1, 0.15) is 11.1 Å². The number of hydrogen-bond donors (Lipinski definition) is 0. The van der Waals surface area contributed by atoms with E-state index >= 15 is 0 Å². The number of pyridine rings is 1. The normalized spacial score (nSPS) is 17.9. The first-order valence-electron chi connectivity index (χ1n) is 8.34. The zero-order valence-electron chi connectivity index (χ0n) is 14.0. The number of ether oxygens (including phenoxy) is 1. The highest BCUT2D eigenvalue weighted by atomic mass is 16.5. The van der Waals surface area contributed by atoms with Crippen LogP contribution >= 0.6 is 0 Å². The van der Waals surface area contributed by atoms with Crippen molar-refractivity contribution in [3.8, 4) is 0 Å². The molecule has 3 aromatic rings. The molecule has 1 fully saturated rings. The second-order valence-electron chi connectivity index (χ2n) is 6.24. The monoisotopic (exact) mass is 337 g/mol. The van der Waals surface area contributed by atoms with Crippen LogP contribution in [0.4, 0.5) is 0 Å². The molecule has 0 bridgehead atoms. The number of para-hydroxylation sites is 1. The van der Waals surface area contributed by atoms with E-state index in [1.807, 2.05) is 30.5 Å². The largest absolute Gasteiger partial charge is 0.465 e. The summed E-state index contributed by atoms with van der Waals surface area (Å²) in [6.07, 6.45) is 2.80. The third-order valence-electron chi connectivity index (χ3n) is 4.57. The van der Waals surface area contributed by atoms with Gasteiger partial charge >= 0.3 is 5.97 Å². The van der Waals surface area contributed by atoms with E-state index in [1.54, 1.807) is 12.1 Å². The highest BCUT2D eigenvalue weighted by Crippen LogP contribution is 2.31. The predicted molar refractivity (Wildman–Crippen MR) is 92.2 cm³/mol. The van der Waals surface area contributed by atoms with Crippen molar-refractivity contribution in [2.45, 2.75) is 18.9 Å². The van der Waals surface area contributed by atoms with E-state index in [-0.39, 0.29) is 5.92 Å². The van der Waals surface area contributed by atoms with Gasteiger partial charge in [0, 0.05) is 25.2 Å². The number of oxazole rings is 1. The van der Waals surface area contributed by atoms with E-state index in [4.69, 9.17) is 9.15 Å². The van der Waals surface area contributed by atoms with Crippen LogP contribution in [0.1, 0.15) is 34.3 Å². The summed E-state index contributed by atoms with van der Waals surface area (Å²) in [5.41, 5.74) is 2.68. The summed E-state index contributed by atoms with van der Waals surface area (Å²) >= 11 is 0. The third-order valence-corrected chi connectivity index (χ3v) is 4.57. The van der Waals surface area contributed by atoms with Crippen molar-refractivity contribution in [2.75, 3.05) is 20.2 Å². The van der Waals surface area contributed by atoms with E-state index < -0.39 is 5.97 Å². The smallest absolute Gasteiger partial charge is 0.341 e. The molecule has 1 aliphatic rings. The van der Waals surface area contributed by atoms with Crippen molar-refractivity contribution >= 4 is 17.1 Å². The molecule has 0 radical (unpaired) electrons. The molecule has 25 heavy (non-hydrogen) atoms. The standard InChI is InChI=1S/C19H19N3O3/c1-24-19(23)15-6-4-7-16-17(15)25-18(21-16)13-8-10-22(11-13)12-14-5-2-3-9-20-14/h2-7,9,13H,8,10-12H2,1H3/t13-/m0/s1. The number of hydrogen-bond acceptors (Lipinski definition) is 6. The zero-order valence-corrected chi connectivity index (χ0v) is 14.0. The number of nitrogens with zero attached hydrogens (tertiary/aromatic N) is 3. The third kappa shape index (κ3) is 3.13. The summed E-state index contributed by atoms with van der Waals surface area (Å²) in [6, 6.07) is 11.3. The summed E-state index contributed by atoms with van der Waals surface area (Å²) < 4.78 is 10.8. The van der Waals surface area contributed by atoms with Crippen LogP contribution in [0, 0.1) is 0 Å². The maximum atomic E-state index is 11.9. The summed E-state index contributed by atoms with van der Waals surface area (Å²) in [5.74, 6) is 0.507. The molecule has 0 spiro atoms. The number of fused-ring (bicyclic) bond motifs is 1. The fraction of sp³-hybridized carbons (Fsp3) is 0.316. The molecular formula is C19H19N3O3. The Morgan fingerprint density at radius 3 is 3.04 bits per heavy atom. The lowest BCUT2D eigenvalue weighted by Crippen LogP contribution is -2.20. The van der Waals surface area contributed by atoms with Crippen LogP contribution in [0.5, 0.6) is 0 Å². The minimum Gasteiger partial charge on any atom is -0.465 e. The molecule has 0 amide bonds. The van der Waals surface area contributed by atoms with E-state index in [0.29, 0.717) is 22.6 Å². The number of esters is 1. The first kappa shape index (κ1) is 15.8. The lowest BCUT2D eigenvalue weighted by Gasteiger charge is -2.14. The SMILES string of the molecule is COC(=O)c1cccc2nc([C@H]3CCN(Cc4ccccn4)C3)oc12. The first-order valence-corrected chi connectivity index (χ1v) is 8.34. The fourth-order valence-electron chi connectivity index (χ4n) is 3.31. The summed E-state index contributed by atoms with van der Waals surface area (Å²) in [7, 11) is 1.37. The van der Waals surface area contributed by atoms with E-state index in [2.05, 4.69) is 14.9 Å². The number of aromatic nitrogens is 2. The Balaban J connectivity index is 1.54. The van der Waals surface area contributed by atoms with Gasteiger partial charge in [0.2, 0.25) is 0 Å². The number of methoxy groups -OCH3 is 1. The molecule has 0 saturated carbocycles. The Labute approximate surface area is 145 Å². The van der Waals surface area contributed by atoms with Crippen LogP contribution in [0.2, 0.25) is 0 Å². The first-order chi connectivity index (χ1) is 12.2. The Morgan fingerprint density at radius 1 is 1.32 bits per heavy atom. The second kappa shape index (κ2) is 6.64. The molecule has 3 heterocycles. The number of carbonyl (C=O) groups is 1. The van der Waals surface area contributed by atoms with Gasteiger partial charge in [-0.15, -0.1) is 0 Å². The van der Waals surface area contributed by atoms with Gasteiger partial charge in [-0.05, 0) is 37.2 Å². The molecule has 1 saturated heterocycles. The molecule has 6 heteroatoms. The van der Waals surface area contributed by atoms with Crippen molar-refractivity contribution in [1.82, 2.24) is 14.9 Å². The summed E-state index contributed by atoms with van der Waals surface area (Å²) in [6.45, 7) is 2.67. The van der Waals surface area contributed by atoms with Gasteiger partial charge < -0.3 is 9.15 Å². The zero-order chi connectivity index (χ0) is 17.2.